The molecule has 2 fully saturated rings. The predicted octanol–water partition coefficient (Wildman–Crippen LogP) is 5.57. The lowest BCUT2D eigenvalue weighted by molar-refractivity contribution is -0.147. The first-order valence-corrected chi connectivity index (χ1v) is 18.6. The molecule has 3 atom stereocenters. The van der Waals surface area contributed by atoms with Crippen LogP contribution in [0.5, 0.6) is 5.75 Å². The Morgan fingerprint density at radius 1 is 1.00 bits per heavy atom. The molecule has 3 aromatic carbocycles. The van der Waals surface area contributed by atoms with Gasteiger partial charge in [-0.15, -0.1) is 0 Å². The quantitative estimate of drug-likeness (QED) is 0.135. The van der Waals surface area contributed by atoms with Crippen LogP contribution in [0.15, 0.2) is 82.8 Å². The zero-order valence-electron chi connectivity index (χ0n) is 28.8. The zero-order valence-corrected chi connectivity index (χ0v) is 30.4. The molecule has 3 aromatic rings. The Hall–Kier alpha value is -4.55. The van der Waals surface area contributed by atoms with Crippen LogP contribution < -0.4 is 10.1 Å². The van der Waals surface area contributed by atoms with Crippen molar-refractivity contribution in [2.24, 2.45) is 0 Å². The maximum absolute atomic E-state index is 14.7. The van der Waals surface area contributed by atoms with Gasteiger partial charge >= 0.3 is 5.97 Å². The van der Waals surface area contributed by atoms with Crippen molar-refractivity contribution in [2.45, 2.75) is 75.6 Å². The summed E-state index contributed by atoms with van der Waals surface area (Å²) in [6.45, 7) is 1.79. The molecule has 274 valence electrons. The van der Waals surface area contributed by atoms with Crippen LogP contribution in [0.3, 0.4) is 0 Å². The van der Waals surface area contributed by atoms with E-state index in [4.69, 9.17) is 9.47 Å². The molecule has 2 amide bonds. The second-order valence-electron chi connectivity index (χ2n) is 13.7. The number of benzene rings is 3. The molecule has 3 aliphatic rings. The number of aliphatic carboxylic acids is 1. The average molecular weight is 777 g/mol. The summed E-state index contributed by atoms with van der Waals surface area (Å²) in [6.07, 6.45) is 2.86. The van der Waals surface area contributed by atoms with Crippen LogP contribution in [-0.4, -0.2) is 89.6 Å². The van der Waals surface area contributed by atoms with Crippen LogP contribution in [0.4, 0.5) is 4.39 Å². The van der Waals surface area contributed by atoms with E-state index in [9.17, 15) is 28.7 Å². The Labute approximate surface area is 311 Å². The third-order valence-electron chi connectivity index (χ3n) is 9.84. The minimum atomic E-state index is -1.16. The molecule has 1 saturated heterocycles. The van der Waals surface area contributed by atoms with Crippen LogP contribution in [0.1, 0.15) is 55.2 Å². The second-order valence-corrected chi connectivity index (χ2v) is 14.5. The van der Waals surface area contributed by atoms with Gasteiger partial charge in [0.1, 0.15) is 17.7 Å². The number of nitrogens with one attached hydrogen (secondary N) is 1. The van der Waals surface area contributed by atoms with Crippen LogP contribution in [0.25, 0.3) is 5.57 Å². The van der Waals surface area contributed by atoms with Crippen LogP contribution in [0, 0.1) is 5.82 Å². The van der Waals surface area contributed by atoms with Gasteiger partial charge in [0, 0.05) is 43.4 Å². The lowest BCUT2D eigenvalue weighted by Gasteiger charge is -2.45. The molecule has 2 heterocycles. The van der Waals surface area contributed by atoms with E-state index in [1.54, 1.807) is 11.0 Å². The van der Waals surface area contributed by atoms with Crippen molar-refractivity contribution in [1.29, 1.82) is 0 Å². The smallest absolute Gasteiger partial charge is 0.307 e. The van der Waals surface area contributed by atoms with Crippen LogP contribution in [-0.2, 0) is 36.8 Å². The third kappa shape index (κ3) is 9.65. The van der Waals surface area contributed by atoms with Gasteiger partial charge in [0.2, 0.25) is 5.91 Å². The van der Waals surface area contributed by atoms with E-state index in [0.717, 1.165) is 54.4 Å². The Balaban J connectivity index is 1.21. The summed E-state index contributed by atoms with van der Waals surface area (Å²) < 4.78 is 25.1. The van der Waals surface area contributed by atoms with E-state index in [0.29, 0.717) is 41.9 Å². The predicted molar refractivity (Wildman–Crippen MR) is 196 cm³/mol. The number of carboxylic acids is 1. The normalized spacial score (nSPS) is 18.8. The highest BCUT2D eigenvalue weighted by Crippen LogP contribution is 2.37. The Morgan fingerprint density at radius 2 is 1.75 bits per heavy atom. The number of halogens is 2. The fourth-order valence-corrected chi connectivity index (χ4v) is 7.50. The zero-order chi connectivity index (χ0) is 36.6. The van der Waals surface area contributed by atoms with E-state index in [2.05, 4.69) is 57.6 Å². The molecule has 2 N–H and O–H groups in total. The molecule has 0 radical (unpaired) electrons. The molecule has 6 rings (SSSR count). The Bertz CT molecular complexity index is 1780. The van der Waals surface area contributed by atoms with Gasteiger partial charge < -0.3 is 29.7 Å². The number of piperazine rings is 1. The van der Waals surface area contributed by atoms with Gasteiger partial charge in [-0.05, 0) is 88.9 Å². The number of hydrogen-bond acceptors (Lipinski definition) is 7. The van der Waals surface area contributed by atoms with Crippen molar-refractivity contribution in [2.75, 3.05) is 26.2 Å². The average Bonchev–Trinajstić information content (AvgIpc) is 3.97. The molecule has 1 saturated carbocycles. The first-order valence-electron chi connectivity index (χ1n) is 17.8. The minimum Gasteiger partial charge on any atom is -0.492 e. The number of nitrogens with zero attached hydrogens (tertiary/aromatic N) is 2. The highest BCUT2D eigenvalue weighted by atomic mass is 79.9. The summed E-state index contributed by atoms with van der Waals surface area (Å²) >= 11 is 3.40. The van der Waals surface area contributed by atoms with Crippen molar-refractivity contribution in [1.82, 2.24) is 15.1 Å². The fourth-order valence-electron chi connectivity index (χ4n) is 7.14. The standard InChI is InChI=1S/C40H43BrFN3O7/c41-34-15-12-29(42)19-36(34)51-18-4-7-27-8-10-28(11-9-27)33-20-30-23-44(37(47)21-32(52-25-46)22-38(48)49)24-35(43-30)39(33)40(50)45(31-13-14-31)17-16-26-5-2-1-3-6-26/h1-3,5-6,8-12,15,19,25,30-32,35,43H,4,7,13-14,16-18,20-24H2,(H,48,49)/t30-,32-,35-/m1/s1. The summed E-state index contributed by atoms with van der Waals surface area (Å²) in [5.41, 5.74) is 4.85. The SMILES string of the molecule is O=CO[C@@H](CC(=O)O)CC(=O)N1C[C@H]2CC(c3ccc(CCCOc4cc(F)ccc4Br)cc3)=C(C(=O)N(CCc3ccccc3)C3CC3)[C@@H](C1)N2. The first-order chi connectivity index (χ1) is 25.2. The summed E-state index contributed by atoms with van der Waals surface area (Å²) in [7, 11) is 0. The van der Waals surface area contributed by atoms with E-state index in [-0.39, 0.29) is 49.2 Å². The molecular formula is C40H43BrFN3O7. The molecule has 10 nitrogen and oxygen atoms in total. The number of ether oxygens (including phenoxy) is 2. The Morgan fingerprint density at radius 3 is 2.46 bits per heavy atom. The number of aryl methyl sites for hydroxylation is 1. The largest absolute Gasteiger partial charge is 0.492 e. The topological polar surface area (TPSA) is 125 Å². The molecule has 1 aliphatic carbocycles. The maximum atomic E-state index is 14.7. The number of hydrogen-bond donors (Lipinski definition) is 2. The monoisotopic (exact) mass is 775 g/mol. The molecular weight excluding hydrogens is 733 g/mol. The number of fused-ring (bicyclic) bond motifs is 2. The van der Waals surface area contributed by atoms with Gasteiger partial charge in [0.25, 0.3) is 12.4 Å². The Kier molecular flexibility index (Phi) is 12.4. The van der Waals surface area contributed by atoms with Crippen molar-refractivity contribution < 1.29 is 38.1 Å². The number of carbonyl (C=O) groups excluding carboxylic acids is 3. The molecule has 2 aliphatic heterocycles. The van der Waals surface area contributed by atoms with Crippen molar-refractivity contribution in [3.8, 4) is 5.75 Å². The van der Waals surface area contributed by atoms with Crippen molar-refractivity contribution >= 4 is 45.8 Å². The summed E-state index contributed by atoms with van der Waals surface area (Å²) in [4.78, 5) is 54.2. The molecule has 0 unspecified atom stereocenters. The van der Waals surface area contributed by atoms with Gasteiger partial charge in [-0.2, -0.15) is 0 Å². The number of carboxylic acid groups (broad SMARTS) is 1. The highest BCUT2D eigenvalue weighted by Gasteiger charge is 2.43. The van der Waals surface area contributed by atoms with Gasteiger partial charge in [-0.25, -0.2) is 4.39 Å². The minimum absolute atomic E-state index is 0.0311. The molecule has 52 heavy (non-hydrogen) atoms. The van der Waals surface area contributed by atoms with Gasteiger partial charge in [-0.3, -0.25) is 19.2 Å². The first kappa shape index (κ1) is 37.2. The van der Waals surface area contributed by atoms with E-state index >= 15 is 0 Å². The van der Waals surface area contributed by atoms with Gasteiger partial charge in [-0.1, -0.05) is 54.6 Å². The van der Waals surface area contributed by atoms with Crippen molar-refractivity contribution in [3.63, 3.8) is 0 Å². The molecule has 0 spiro atoms. The summed E-state index contributed by atoms with van der Waals surface area (Å²) in [6, 6.07) is 22.3. The lowest BCUT2D eigenvalue weighted by atomic mass is 9.82. The molecule has 2 bridgehead atoms. The third-order valence-corrected chi connectivity index (χ3v) is 10.5. The summed E-state index contributed by atoms with van der Waals surface area (Å²) in [5, 5.41) is 12.9. The number of carbonyl (C=O) groups is 4. The van der Waals surface area contributed by atoms with Crippen LogP contribution in [0.2, 0.25) is 0 Å². The van der Waals surface area contributed by atoms with E-state index < -0.39 is 24.5 Å². The second kappa shape index (κ2) is 17.3. The lowest BCUT2D eigenvalue weighted by Crippen LogP contribution is -2.62. The maximum Gasteiger partial charge on any atom is 0.307 e. The molecule has 0 aromatic heterocycles. The van der Waals surface area contributed by atoms with Crippen molar-refractivity contribution in [3.05, 3.63) is 105 Å². The van der Waals surface area contributed by atoms with Gasteiger partial charge in [0.15, 0.2) is 0 Å². The fraction of sp³-hybridized carbons (Fsp3) is 0.400. The van der Waals surface area contributed by atoms with Crippen LogP contribution >= 0.6 is 15.9 Å². The number of rotatable bonds is 17. The summed E-state index contributed by atoms with van der Waals surface area (Å²) in [5.74, 6) is -1.40. The molecule has 12 heteroatoms. The van der Waals surface area contributed by atoms with Gasteiger partial charge in [0.05, 0.1) is 30.0 Å². The van der Waals surface area contributed by atoms with E-state index in [1.807, 2.05) is 23.1 Å². The highest BCUT2D eigenvalue weighted by molar-refractivity contribution is 9.10. The van der Waals surface area contributed by atoms with E-state index in [1.165, 1.54) is 12.1 Å². The number of amides is 2.